The zero-order chi connectivity index (χ0) is 38.5. The van der Waals surface area contributed by atoms with Gasteiger partial charge in [0.25, 0.3) is 0 Å². The highest BCUT2D eigenvalue weighted by atomic mass is 14.9. The van der Waals surface area contributed by atoms with E-state index >= 15 is 0 Å². The Morgan fingerprint density at radius 1 is 0.362 bits per heavy atom. The Hall–Kier alpha value is -7.36. The Kier molecular flexibility index (Phi) is 6.98. The number of aromatic nitrogens is 3. The van der Waals surface area contributed by atoms with Crippen molar-refractivity contribution in [1.82, 2.24) is 14.4 Å². The van der Waals surface area contributed by atoms with Crippen LogP contribution in [0.15, 0.2) is 188 Å². The summed E-state index contributed by atoms with van der Waals surface area (Å²) in [6.07, 6.45) is 0. The normalized spacial score (nSPS) is 13.1. The van der Waals surface area contributed by atoms with E-state index in [1.165, 1.54) is 82.6 Å². The number of para-hydroxylation sites is 3. The minimum Gasteiger partial charge on any atom is -0.307 e. The van der Waals surface area contributed by atoms with Gasteiger partial charge in [0, 0.05) is 49.2 Å². The van der Waals surface area contributed by atoms with E-state index in [2.05, 4.69) is 194 Å². The van der Waals surface area contributed by atoms with Gasteiger partial charge in [-0.15, -0.1) is 0 Å². The van der Waals surface area contributed by atoms with E-state index in [-0.39, 0.29) is 5.41 Å². The Morgan fingerprint density at radius 3 is 1.57 bits per heavy atom. The van der Waals surface area contributed by atoms with Crippen LogP contribution in [0.1, 0.15) is 25.0 Å². The van der Waals surface area contributed by atoms with Gasteiger partial charge in [-0.1, -0.05) is 172 Å². The molecule has 0 N–H and O–H groups in total. The van der Waals surface area contributed by atoms with Crippen molar-refractivity contribution in [2.45, 2.75) is 19.3 Å². The molecule has 58 heavy (non-hydrogen) atoms. The van der Waals surface area contributed by atoms with Gasteiger partial charge >= 0.3 is 0 Å². The Labute approximate surface area is 336 Å². The average molecular weight is 740 g/mol. The molecule has 1 aliphatic carbocycles. The summed E-state index contributed by atoms with van der Waals surface area (Å²) < 4.78 is 2.49. The topological polar surface area (TPSA) is 30.2 Å². The first-order valence-corrected chi connectivity index (χ1v) is 20.1. The zero-order valence-corrected chi connectivity index (χ0v) is 32.2. The lowest BCUT2D eigenvalue weighted by molar-refractivity contribution is 0.660. The van der Waals surface area contributed by atoms with Gasteiger partial charge in [-0.2, -0.15) is 0 Å². The van der Waals surface area contributed by atoms with Crippen LogP contribution in [0.3, 0.4) is 0 Å². The van der Waals surface area contributed by atoms with Gasteiger partial charge in [0.05, 0.1) is 27.9 Å². The van der Waals surface area contributed by atoms with Crippen molar-refractivity contribution in [3.8, 4) is 67.3 Å². The fraction of sp³-hybridized carbons (Fsp3) is 0.0545. The van der Waals surface area contributed by atoms with Crippen molar-refractivity contribution < 1.29 is 0 Å². The quantitative estimate of drug-likeness (QED) is 0.176. The second-order valence-corrected chi connectivity index (χ2v) is 16.2. The van der Waals surface area contributed by atoms with Crippen LogP contribution in [0, 0.1) is 0 Å². The highest BCUT2D eigenvalue weighted by Gasteiger charge is 2.36. The molecule has 12 rings (SSSR count). The molecule has 3 aromatic heterocycles. The highest BCUT2D eigenvalue weighted by Crippen LogP contribution is 2.51. The first kappa shape index (κ1) is 32.8. The smallest absolute Gasteiger partial charge is 0.160 e. The number of fused-ring (bicyclic) bond motifs is 9. The van der Waals surface area contributed by atoms with Crippen LogP contribution in [0.25, 0.3) is 105 Å². The van der Waals surface area contributed by atoms with Crippen LogP contribution in [-0.2, 0) is 5.41 Å². The van der Waals surface area contributed by atoms with E-state index in [4.69, 9.17) is 9.97 Å². The summed E-state index contributed by atoms with van der Waals surface area (Å²) in [5, 5.41) is 5.19. The van der Waals surface area contributed by atoms with E-state index in [1.807, 2.05) is 12.1 Å². The molecule has 0 spiro atoms. The van der Waals surface area contributed by atoms with E-state index in [0.717, 1.165) is 33.9 Å². The van der Waals surface area contributed by atoms with Gasteiger partial charge in [-0.05, 0) is 69.3 Å². The summed E-state index contributed by atoms with van der Waals surface area (Å²) >= 11 is 0. The van der Waals surface area contributed by atoms with Crippen molar-refractivity contribution >= 4 is 38.1 Å². The Bertz CT molecular complexity index is 3350. The maximum absolute atomic E-state index is 5.17. The molecule has 1 aliphatic rings. The average Bonchev–Trinajstić information content (AvgIpc) is 3.89. The number of nitrogens with zero attached hydrogens (tertiary/aromatic N) is 3. The molecule has 0 saturated carbocycles. The molecule has 0 saturated heterocycles. The molecule has 3 nitrogen and oxygen atoms in total. The molecule has 0 fully saturated rings. The Morgan fingerprint density at radius 2 is 0.862 bits per heavy atom. The van der Waals surface area contributed by atoms with Crippen molar-refractivity contribution in [2.24, 2.45) is 0 Å². The zero-order valence-electron chi connectivity index (χ0n) is 32.2. The largest absolute Gasteiger partial charge is 0.307 e. The summed E-state index contributed by atoms with van der Waals surface area (Å²) in [5.41, 5.74) is 18.7. The second-order valence-electron chi connectivity index (χ2n) is 16.2. The van der Waals surface area contributed by atoms with Gasteiger partial charge in [-0.3, -0.25) is 0 Å². The molecule has 0 bridgehead atoms. The molecule has 0 radical (unpaired) electrons. The van der Waals surface area contributed by atoms with E-state index in [0.29, 0.717) is 0 Å². The molecular formula is C55H37N3. The van der Waals surface area contributed by atoms with E-state index in [1.54, 1.807) is 0 Å². The standard InChI is InChI=1S/C55H37N3/c1-55(2)47-28-26-37(36-18-11-19-38(30-36)40-21-12-23-43-44-24-13-22-42-41-20-9-10-25-51(41)58(52(40)43)53(42)44)31-45(47)46-32-39(27-29-48(46)55)54-56-49(34-14-5-3-6-15-34)33-50(57-54)35-16-7-4-8-17-35/h3-33H,1-2H3. The molecule has 0 aliphatic heterocycles. The number of rotatable bonds is 5. The first-order chi connectivity index (χ1) is 28.5. The van der Waals surface area contributed by atoms with Crippen LogP contribution in [0.2, 0.25) is 0 Å². The van der Waals surface area contributed by atoms with Gasteiger partial charge < -0.3 is 4.40 Å². The van der Waals surface area contributed by atoms with Crippen molar-refractivity contribution in [3.05, 3.63) is 199 Å². The molecule has 8 aromatic carbocycles. The SMILES string of the molecule is CC1(C)c2ccc(-c3cccc(-c4cccc5c6cccc7c8ccccc8n(c45)c76)c3)cc2-c2cc(-c3nc(-c4ccccc4)cc(-c4ccccc4)n3)ccc21. The van der Waals surface area contributed by atoms with Gasteiger partial charge in [0.15, 0.2) is 5.82 Å². The minimum absolute atomic E-state index is 0.143. The number of hydrogen-bond donors (Lipinski definition) is 0. The lowest BCUT2D eigenvalue weighted by Gasteiger charge is -2.21. The maximum atomic E-state index is 5.17. The number of hydrogen-bond acceptors (Lipinski definition) is 2. The van der Waals surface area contributed by atoms with Crippen molar-refractivity contribution in [1.29, 1.82) is 0 Å². The second kappa shape index (κ2) is 12.3. The maximum Gasteiger partial charge on any atom is 0.160 e. The minimum atomic E-state index is -0.143. The molecule has 0 atom stereocenters. The lowest BCUT2D eigenvalue weighted by Crippen LogP contribution is -2.14. The molecule has 0 unspecified atom stereocenters. The summed E-state index contributed by atoms with van der Waals surface area (Å²) in [5.74, 6) is 0.725. The first-order valence-electron chi connectivity index (χ1n) is 20.1. The third-order valence-corrected chi connectivity index (χ3v) is 12.6. The van der Waals surface area contributed by atoms with E-state index in [9.17, 15) is 0 Å². The molecule has 3 heterocycles. The van der Waals surface area contributed by atoms with Crippen LogP contribution < -0.4 is 0 Å². The summed E-state index contributed by atoms with van der Waals surface area (Å²) in [6.45, 7) is 4.68. The van der Waals surface area contributed by atoms with Crippen molar-refractivity contribution in [2.75, 3.05) is 0 Å². The third kappa shape index (κ3) is 4.80. The molecular weight excluding hydrogens is 703 g/mol. The van der Waals surface area contributed by atoms with Crippen LogP contribution >= 0.6 is 0 Å². The third-order valence-electron chi connectivity index (χ3n) is 12.6. The summed E-state index contributed by atoms with van der Waals surface area (Å²) in [4.78, 5) is 10.3. The van der Waals surface area contributed by atoms with Gasteiger partial charge in [0.1, 0.15) is 0 Å². The lowest BCUT2D eigenvalue weighted by atomic mass is 9.82. The monoisotopic (exact) mass is 739 g/mol. The predicted molar refractivity (Wildman–Crippen MR) is 241 cm³/mol. The fourth-order valence-corrected chi connectivity index (χ4v) is 9.75. The van der Waals surface area contributed by atoms with Crippen LogP contribution in [0.5, 0.6) is 0 Å². The summed E-state index contributed by atoms with van der Waals surface area (Å²) in [7, 11) is 0. The van der Waals surface area contributed by atoms with E-state index < -0.39 is 0 Å². The van der Waals surface area contributed by atoms with Crippen molar-refractivity contribution in [3.63, 3.8) is 0 Å². The molecule has 272 valence electrons. The van der Waals surface area contributed by atoms with Crippen LogP contribution in [-0.4, -0.2) is 14.4 Å². The molecule has 0 amide bonds. The van der Waals surface area contributed by atoms with Gasteiger partial charge in [-0.25, -0.2) is 9.97 Å². The Balaban J connectivity index is 0.990. The summed E-state index contributed by atoms with van der Waals surface area (Å²) in [6, 6.07) is 68.1. The predicted octanol–water partition coefficient (Wildman–Crippen LogP) is 14.3. The van der Waals surface area contributed by atoms with Gasteiger partial charge in [0.2, 0.25) is 0 Å². The number of benzene rings is 8. The fourth-order valence-electron chi connectivity index (χ4n) is 9.75. The highest BCUT2D eigenvalue weighted by molar-refractivity contribution is 6.25. The molecule has 11 aromatic rings. The van der Waals surface area contributed by atoms with Crippen LogP contribution in [0.4, 0.5) is 0 Å². The molecule has 3 heteroatoms.